The van der Waals surface area contributed by atoms with E-state index in [1.54, 1.807) is 0 Å². The number of para-hydroxylation sites is 1. The fraction of sp³-hybridized carbons (Fsp3) is 0.500. The molecule has 2 N–H and O–H groups in total. The van der Waals surface area contributed by atoms with Crippen LogP contribution in [-0.4, -0.2) is 18.1 Å². The van der Waals surface area contributed by atoms with Crippen molar-refractivity contribution in [1.29, 1.82) is 0 Å². The standard InChI is InChI=1S/C16H24N2/c1-4-5-11-16(3,15-10-12-17-15)18-14-9-7-6-8-13(14)2/h5-9,11,15,17-18H,4,10,12H2,1-3H3/b11-5-/t15?,16-/m0/s1. The van der Waals surface area contributed by atoms with E-state index in [-0.39, 0.29) is 5.54 Å². The first-order valence-corrected chi connectivity index (χ1v) is 6.90. The Morgan fingerprint density at radius 2 is 2.17 bits per heavy atom. The van der Waals surface area contributed by atoms with Gasteiger partial charge in [0, 0.05) is 11.7 Å². The Hall–Kier alpha value is -1.28. The van der Waals surface area contributed by atoms with Gasteiger partial charge in [0.15, 0.2) is 0 Å². The molecule has 1 fully saturated rings. The largest absolute Gasteiger partial charge is 0.375 e. The fourth-order valence-electron chi connectivity index (χ4n) is 2.41. The Morgan fingerprint density at radius 3 is 2.72 bits per heavy atom. The molecule has 0 aliphatic carbocycles. The molecule has 0 saturated carbocycles. The van der Waals surface area contributed by atoms with Crippen LogP contribution in [-0.2, 0) is 0 Å². The highest BCUT2D eigenvalue weighted by Gasteiger charge is 2.35. The van der Waals surface area contributed by atoms with Crippen LogP contribution < -0.4 is 10.6 Å². The number of allylic oxidation sites excluding steroid dienone is 1. The van der Waals surface area contributed by atoms with E-state index in [2.05, 4.69) is 67.8 Å². The van der Waals surface area contributed by atoms with Crippen LogP contribution in [0, 0.1) is 6.92 Å². The molecule has 1 aliphatic heterocycles. The van der Waals surface area contributed by atoms with Crippen LogP contribution >= 0.6 is 0 Å². The molecule has 2 heteroatoms. The summed E-state index contributed by atoms with van der Waals surface area (Å²) in [7, 11) is 0. The molecule has 0 aromatic heterocycles. The maximum absolute atomic E-state index is 3.71. The summed E-state index contributed by atoms with van der Waals surface area (Å²) in [5.74, 6) is 0. The maximum Gasteiger partial charge on any atom is 0.0681 e. The van der Waals surface area contributed by atoms with Crippen molar-refractivity contribution in [2.24, 2.45) is 0 Å². The molecule has 2 nitrogen and oxygen atoms in total. The molecule has 0 radical (unpaired) electrons. The minimum atomic E-state index is 0.000370. The van der Waals surface area contributed by atoms with Crippen molar-refractivity contribution in [3.05, 3.63) is 42.0 Å². The lowest BCUT2D eigenvalue weighted by Crippen LogP contribution is -2.60. The predicted octanol–water partition coefficient (Wildman–Crippen LogP) is 3.49. The highest BCUT2D eigenvalue weighted by Crippen LogP contribution is 2.27. The number of rotatable bonds is 5. The molecule has 0 spiro atoms. The van der Waals surface area contributed by atoms with Gasteiger partial charge in [-0.1, -0.05) is 37.3 Å². The first-order valence-electron chi connectivity index (χ1n) is 6.90. The van der Waals surface area contributed by atoms with Gasteiger partial charge in [-0.3, -0.25) is 0 Å². The number of benzene rings is 1. The lowest BCUT2D eigenvalue weighted by molar-refractivity contribution is 0.292. The van der Waals surface area contributed by atoms with Gasteiger partial charge in [0.25, 0.3) is 0 Å². The molecular formula is C16H24N2. The molecule has 2 atom stereocenters. The zero-order valence-corrected chi connectivity index (χ0v) is 11.7. The Kier molecular flexibility index (Phi) is 4.07. The highest BCUT2D eigenvalue weighted by atomic mass is 15.1. The monoisotopic (exact) mass is 244 g/mol. The van der Waals surface area contributed by atoms with Crippen molar-refractivity contribution in [2.75, 3.05) is 11.9 Å². The lowest BCUT2D eigenvalue weighted by atomic mass is 9.84. The second kappa shape index (κ2) is 5.57. The van der Waals surface area contributed by atoms with E-state index in [1.807, 2.05) is 0 Å². The van der Waals surface area contributed by atoms with Crippen LogP contribution in [0.4, 0.5) is 5.69 Å². The topological polar surface area (TPSA) is 24.1 Å². The average Bonchev–Trinajstić information content (AvgIpc) is 2.27. The second-order valence-corrected chi connectivity index (χ2v) is 5.33. The summed E-state index contributed by atoms with van der Waals surface area (Å²) in [6.07, 6.45) is 6.89. The van der Waals surface area contributed by atoms with E-state index in [4.69, 9.17) is 0 Å². The zero-order chi connectivity index (χ0) is 13.0. The Bertz CT molecular complexity index is 421. The van der Waals surface area contributed by atoms with Gasteiger partial charge in [0.2, 0.25) is 0 Å². The van der Waals surface area contributed by atoms with Gasteiger partial charge in [-0.2, -0.15) is 0 Å². The number of nitrogens with one attached hydrogen (secondary N) is 2. The molecule has 0 amide bonds. The Morgan fingerprint density at radius 1 is 1.44 bits per heavy atom. The van der Waals surface area contributed by atoms with Crippen LogP contribution in [0.1, 0.15) is 32.3 Å². The van der Waals surface area contributed by atoms with Crippen molar-refractivity contribution in [3.8, 4) is 0 Å². The average molecular weight is 244 g/mol. The molecule has 0 bridgehead atoms. The van der Waals surface area contributed by atoms with Crippen molar-refractivity contribution in [3.63, 3.8) is 0 Å². The van der Waals surface area contributed by atoms with Gasteiger partial charge in [-0.25, -0.2) is 0 Å². The normalized spacial score (nSPS) is 22.5. The summed E-state index contributed by atoms with van der Waals surface area (Å²) in [5, 5.41) is 7.23. The van der Waals surface area contributed by atoms with Crippen LogP contribution in [0.2, 0.25) is 0 Å². The van der Waals surface area contributed by atoms with Gasteiger partial charge in [-0.15, -0.1) is 0 Å². The van der Waals surface area contributed by atoms with Gasteiger partial charge < -0.3 is 10.6 Å². The molecule has 98 valence electrons. The van der Waals surface area contributed by atoms with Crippen LogP contribution in [0.3, 0.4) is 0 Å². The molecule has 1 heterocycles. The smallest absolute Gasteiger partial charge is 0.0681 e. The summed E-state index contributed by atoms with van der Waals surface area (Å²) < 4.78 is 0. The Labute approximate surface area is 110 Å². The lowest BCUT2D eigenvalue weighted by Gasteiger charge is -2.43. The van der Waals surface area contributed by atoms with Crippen LogP contribution in [0.5, 0.6) is 0 Å². The molecule has 1 aromatic rings. The van der Waals surface area contributed by atoms with Gasteiger partial charge in [0.05, 0.1) is 5.54 Å². The van der Waals surface area contributed by atoms with E-state index < -0.39 is 0 Å². The Balaban J connectivity index is 2.19. The minimum Gasteiger partial charge on any atom is -0.375 e. The fourth-order valence-corrected chi connectivity index (χ4v) is 2.41. The third-order valence-corrected chi connectivity index (χ3v) is 3.80. The summed E-state index contributed by atoms with van der Waals surface area (Å²) in [5.41, 5.74) is 2.53. The molecule has 1 saturated heterocycles. The molecule has 1 aliphatic rings. The van der Waals surface area contributed by atoms with E-state index in [1.165, 1.54) is 17.7 Å². The first-order chi connectivity index (χ1) is 8.65. The van der Waals surface area contributed by atoms with Crippen LogP contribution in [0.15, 0.2) is 36.4 Å². The number of hydrogen-bond acceptors (Lipinski definition) is 2. The number of aryl methyl sites for hydroxylation is 1. The summed E-state index contributed by atoms with van der Waals surface area (Å²) in [4.78, 5) is 0. The molecular weight excluding hydrogens is 220 g/mol. The number of hydrogen-bond donors (Lipinski definition) is 2. The molecule has 2 rings (SSSR count). The predicted molar refractivity (Wildman–Crippen MR) is 79.0 cm³/mol. The van der Waals surface area contributed by atoms with Gasteiger partial charge in [-0.05, 0) is 44.9 Å². The summed E-state index contributed by atoms with van der Waals surface area (Å²) >= 11 is 0. The van der Waals surface area contributed by atoms with Gasteiger partial charge in [0.1, 0.15) is 0 Å². The van der Waals surface area contributed by atoms with Crippen molar-refractivity contribution < 1.29 is 0 Å². The molecule has 1 aromatic carbocycles. The first kappa shape index (κ1) is 13.2. The van der Waals surface area contributed by atoms with Crippen molar-refractivity contribution in [2.45, 2.75) is 45.2 Å². The van der Waals surface area contributed by atoms with Crippen molar-refractivity contribution in [1.82, 2.24) is 5.32 Å². The third-order valence-electron chi connectivity index (χ3n) is 3.80. The second-order valence-electron chi connectivity index (χ2n) is 5.33. The maximum atomic E-state index is 3.71. The van der Waals surface area contributed by atoms with Crippen molar-refractivity contribution >= 4 is 5.69 Å². The molecule has 18 heavy (non-hydrogen) atoms. The SMILES string of the molecule is CC/C=C\[C@](C)(Nc1ccccc1C)C1CCN1. The summed E-state index contributed by atoms with van der Waals surface area (Å²) in [6, 6.07) is 9.02. The van der Waals surface area contributed by atoms with E-state index >= 15 is 0 Å². The zero-order valence-electron chi connectivity index (χ0n) is 11.7. The van der Waals surface area contributed by atoms with E-state index in [9.17, 15) is 0 Å². The van der Waals surface area contributed by atoms with E-state index in [0.29, 0.717) is 6.04 Å². The van der Waals surface area contributed by atoms with Gasteiger partial charge >= 0.3 is 0 Å². The number of anilines is 1. The quantitative estimate of drug-likeness (QED) is 0.775. The van der Waals surface area contributed by atoms with Crippen LogP contribution in [0.25, 0.3) is 0 Å². The van der Waals surface area contributed by atoms with E-state index in [0.717, 1.165) is 13.0 Å². The highest BCUT2D eigenvalue weighted by molar-refractivity contribution is 5.53. The summed E-state index contributed by atoms with van der Waals surface area (Å²) in [6.45, 7) is 7.75. The minimum absolute atomic E-state index is 0.000370. The third kappa shape index (κ3) is 2.75. The molecule has 1 unspecified atom stereocenters.